The van der Waals surface area contributed by atoms with Gasteiger partial charge in [0.15, 0.2) is 0 Å². The van der Waals surface area contributed by atoms with Gasteiger partial charge < -0.3 is 15.8 Å². The van der Waals surface area contributed by atoms with Crippen LogP contribution in [0.1, 0.15) is 37.9 Å². The van der Waals surface area contributed by atoms with Crippen molar-refractivity contribution in [2.24, 2.45) is 5.73 Å². The van der Waals surface area contributed by atoms with Crippen molar-refractivity contribution in [3.63, 3.8) is 0 Å². The van der Waals surface area contributed by atoms with Crippen LogP contribution < -0.4 is 11.1 Å². The molecule has 1 aromatic heterocycles. The molecule has 0 radical (unpaired) electrons. The van der Waals surface area contributed by atoms with E-state index < -0.39 is 11.7 Å². The molecule has 1 atom stereocenters. The molecule has 0 aromatic carbocycles. The molecule has 0 aliphatic heterocycles. The molecule has 1 heterocycles. The number of carbonyl (C=O) groups is 1. The van der Waals surface area contributed by atoms with E-state index in [2.05, 4.69) is 10.3 Å². The van der Waals surface area contributed by atoms with Gasteiger partial charge in [-0.25, -0.2) is 9.78 Å². The number of ether oxygens (including phenoxy) is 1. The highest BCUT2D eigenvalue weighted by Gasteiger charge is 2.17. The van der Waals surface area contributed by atoms with Crippen molar-refractivity contribution >= 4 is 17.7 Å². The largest absolute Gasteiger partial charge is 0.444 e. The molecule has 0 aliphatic rings. The summed E-state index contributed by atoms with van der Waals surface area (Å²) < 4.78 is 5.12. The topological polar surface area (TPSA) is 77.2 Å². The van der Waals surface area contributed by atoms with E-state index in [4.69, 9.17) is 22.1 Å². The Morgan fingerprint density at radius 3 is 2.74 bits per heavy atom. The van der Waals surface area contributed by atoms with Crippen LogP contribution in [-0.4, -0.2) is 23.2 Å². The molecule has 0 spiro atoms. The van der Waals surface area contributed by atoms with Crippen LogP contribution in [0.15, 0.2) is 12.3 Å². The Kier molecular flexibility index (Phi) is 5.14. The van der Waals surface area contributed by atoms with Crippen LogP contribution in [0.25, 0.3) is 0 Å². The molecule has 19 heavy (non-hydrogen) atoms. The number of aryl methyl sites for hydroxylation is 1. The first-order valence-electron chi connectivity index (χ1n) is 6.03. The Labute approximate surface area is 118 Å². The maximum atomic E-state index is 11.5. The van der Waals surface area contributed by atoms with E-state index in [0.29, 0.717) is 5.15 Å². The Balaban J connectivity index is 2.53. The van der Waals surface area contributed by atoms with Gasteiger partial charge in [0.1, 0.15) is 10.8 Å². The van der Waals surface area contributed by atoms with Crippen molar-refractivity contribution in [3.8, 4) is 0 Å². The second kappa shape index (κ2) is 6.21. The van der Waals surface area contributed by atoms with E-state index in [1.54, 1.807) is 27.0 Å². The molecule has 0 bridgehead atoms. The van der Waals surface area contributed by atoms with Gasteiger partial charge in [0.25, 0.3) is 0 Å². The smallest absolute Gasteiger partial charge is 0.407 e. The van der Waals surface area contributed by atoms with Gasteiger partial charge in [-0.1, -0.05) is 11.6 Å². The molecule has 6 heteroatoms. The number of alkyl carbamates (subject to hydrolysis) is 1. The maximum absolute atomic E-state index is 11.5. The van der Waals surface area contributed by atoms with Crippen molar-refractivity contribution in [3.05, 3.63) is 28.5 Å². The van der Waals surface area contributed by atoms with Gasteiger partial charge in [-0.15, -0.1) is 0 Å². The van der Waals surface area contributed by atoms with Crippen molar-refractivity contribution < 1.29 is 9.53 Å². The summed E-state index contributed by atoms with van der Waals surface area (Å²) in [5, 5.41) is 3.08. The third kappa shape index (κ3) is 5.44. The molecule has 1 unspecified atom stereocenters. The average molecular weight is 286 g/mol. The fraction of sp³-hybridized carbons (Fsp3) is 0.538. The van der Waals surface area contributed by atoms with Crippen molar-refractivity contribution in [2.75, 3.05) is 6.54 Å². The maximum Gasteiger partial charge on any atom is 0.407 e. The van der Waals surface area contributed by atoms with Gasteiger partial charge in [0.2, 0.25) is 0 Å². The molecule has 5 nitrogen and oxygen atoms in total. The lowest BCUT2D eigenvalue weighted by atomic mass is 10.1. The van der Waals surface area contributed by atoms with Gasteiger partial charge in [-0.3, -0.25) is 0 Å². The SMILES string of the molecule is Cc1cc(C(N)CNC(=O)OC(C)(C)C)cnc1Cl. The number of pyridine rings is 1. The molecule has 0 saturated carbocycles. The van der Waals surface area contributed by atoms with Crippen LogP contribution in [0.2, 0.25) is 5.15 Å². The molecule has 1 amide bonds. The lowest BCUT2D eigenvalue weighted by Gasteiger charge is -2.21. The highest BCUT2D eigenvalue weighted by atomic mass is 35.5. The third-order valence-electron chi connectivity index (χ3n) is 2.33. The minimum Gasteiger partial charge on any atom is -0.444 e. The van der Waals surface area contributed by atoms with Crippen LogP contribution in [0.3, 0.4) is 0 Å². The number of carbonyl (C=O) groups excluding carboxylic acids is 1. The average Bonchev–Trinajstić information content (AvgIpc) is 2.27. The highest BCUT2D eigenvalue weighted by Crippen LogP contribution is 2.16. The van der Waals surface area contributed by atoms with Gasteiger partial charge >= 0.3 is 6.09 Å². The quantitative estimate of drug-likeness (QED) is 0.837. The molecule has 3 N–H and O–H groups in total. The second-order valence-corrected chi connectivity index (χ2v) is 5.72. The molecular weight excluding hydrogens is 266 g/mol. The van der Waals surface area contributed by atoms with Crippen molar-refractivity contribution in [1.29, 1.82) is 0 Å². The Morgan fingerprint density at radius 1 is 1.58 bits per heavy atom. The molecule has 106 valence electrons. The molecule has 0 saturated heterocycles. The molecule has 1 aromatic rings. The number of nitrogens with zero attached hydrogens (tertiary/aromatic N) is 1. The first-order valence-corrected chi connectivity index (χ1v) is 6.41. The normalized spacial score (nSPS) is 12.9. The standard InChI is InChI=1S/C13H20ClN3O2/c1-8-5-9(6-16-11(8)14)10(15)7-17-12(18)19-13(2,3)4/h5-6,10H,7,15H2,1-4H3,(H,17,18). The zero-order chi connectivity index (χ0) is 14.6. The predicted octanol–water partition coefficient (Wildman–Crippen LogP) is 2.57. The summed E-state index contributed by atoms with van der Waals surface area (Å²) in [5.41, 5.74) is 7.12. The summed E-state index contributed by atoms with van der Waals surface area (Å²) >= 11 is 5.84. The van der Waals surface area contributed by atoms with Crippen LogP contribution in [-0.2, 0) is 4.74 Å². The summed E-state index contributed by atoms with van der Waals surface area (Å²) in [6.45, 7) is 7.54. The number of nitrogens with two attached hydrogens (primary N) is 1. The van der Waals surface area contributed by atoms with Crippen molar-refractivity contribution in [2.45, 2.75) is 39.3 Å². The predicted molar refractivity (Wildman–Crippen MR) is 75.1 cm³/mol. The number of hydrogen-bond donors (Lipinski definition) is 2. The van der Waals surface area contributed by atoms with Crippen molar-refractivity contribution in [1.82, 2.24) is 10.3 Å². The number of amides is 1. The summed E-state index contributed by atoms with van der Waals surface area (Å²) in [7, 11) is 0. The molecule has 0 fully saturated rings. The molecule has 1 rings (SSSR count). The second-order valence-electron chi connectivity index (χ2n) is 5.37. The number of halogens is 1. The Morgan fingerprint density at radius 2 is 2.21 bits per heavy atom. The van der Waals surface area contributed by atoms with Crippen LogP contribution in [0.5, 0.6) is 0 Å². The van der Waals surface area contributed by atoms with Gasteiger partial charge in [-0.05, 0) is 44.9 Å². The summed E-state index contributed by atoms with van der Waals surface area (Å²) in [4.78, 5) is 15.5. The van der Waals surface area contributed by atoms with E-state index in [-0.39, 0.29) is 12.6 Å². The summed E-state index contributed by atoms with van der Waals surface area (Å²) in [6.07, 6.45) is 1.12. The fourth-order valence-electron chi connectivity index (χ4n) is 1.41. The fourth-order valence-corrected chi connectivity index (χ4v) is 1.51. The summed E-state index contributed by atoms with van der Waals surface area (Å²) in [6, 6.07) is 1.51. The molecular formula is C13H20ClN3O2. The zero-order valence-electron chi connectivity index (χ0n) is 11.7. The minimum atomic E-state index is -0.521. The highest BCUT2D eigenvalue weighted by molar-refractivity contribution is 6.30. The van der Waals surface area contributed by atoms with Crippen LogP contribution >= 0.6 is 11.6 Å². The van der Waals surface area contributed by atoms with E-state index in [1.165, 1.54) is 0 Å². The molecule has 0 aliphatic carbocycles. The van der Waals surface area contributed by atoms with E-state index in [9.17, 15) is 4.79 Å². The first kappa shape index (κ1) is 15.7. The van der Waals surface area contributed by atoms with Crippen LogP contribution in [0.4, 0.5) is 4.79 Å². The first-order chi connectivity index (χ1) is 8.69. The van der Waals surface area contributed by atoms with E-state index in [1.807, 2.05) is 13.0 Å². The summed E-state index contributed by atoms with van der Waals surface area (Å²) in [5.74, 6) is 0. The van der Waals surface area contributed by atoms with E-state index >= 15 is 0 Å². The van der Waals surface area contributed by atoms with Gasteiger partial charge in [-0.2, -0.15) is 0 Å². The third-order valence-corrected chi connectivity index (χ3v) is 2.72. The Hall–Kier alpha value is -1.33. The van der Waals surface area contributed by atoms with Gasteiger partial charge in [0, 0.05) is 18.8 Å². The lowest BCUT2D eigenvalue weighted by molar-refractivity contribution is 0.0524. The Bertz CT molecular complexity index is 458. The van der Waals surface area contributed by atoms with Crippen LogP contribution in [0, 0.1) is 6.92 Å². The number of nitrogens with one attached hydrogen (secondary N) is 1. The minimum absolute atomic E-state index is 0.275. The van der Waals surface area contributed by atoms with Gasteiger partial charge in [0.05, 0.1) is 0 Å². The number of aromatic nitrogens is 1. The number of hydrogen-bond acceptors (Lipinski definition) is 4. The van der Waals surface area contributed by atoms with E-state index in [0.717, 1.165) is 11.1 Å². The monoisotopic (exact) mass is 285 g/mol. The number of rotatable bonds is 3. The lowest BCUT2D eigenvalue weighted by Crippen LogP contribution is -2.36. The zero-order valence-corrected chi connectivity index (χ0v) is 12.4.